The van der Waals surface area contributed by atoms with E-state index in [1.807, 2.05) is 0 Å². The van der Waals surface area contributed by atoms with E-state index in [4.69, 9.17) is 23.2 Å². The highest BCUT2D eigenvalue weighted by molar-refractivity contribution is 6.30. The first-order chi connectivity index (χ1) is 14.1. The van der Waals surface area contributed by atoms with Crippen molar-refractivity contribution in [2.75, 3.05) is 0 Å². The first kappa shape index (κ1) is 20.4. The maximum absolute atomic E-state index is 13.5. The molecule has 4 aromatic rings. The zero-order valence-corrected chi connectivity index (χ0v) is 16.9. The lowest BCUT2D eigenvalue weighted by atomic mass is 10.1. The minimum absolute atomic E-state index is 0.0391. The Morgan fingerprint density at radius 1 is 1.00 bits per heavy atom. The van der Waals surface area contributed by atoms with Crippen molar-refractivity contribution < 1.29 is 13.2 Å². The number of hydrogen-bond acceptors (Lipinski definition) is 3. The highest BCUT2D eigenvalue weighted by atomic mass is 35.5. The van der Waals surface area contributed by atoms with Gasteiger partial charge in [-0.25, -0.2) is 9.97 Å². The standard InChI is InChI=1S/C20H13Cl2F3N4O/c1-28-18(30)15-4-2-11(13-8-26-19(22)27-9-13)7-17(15)29(28)10-12-6-14(21)3-5-16(12)20(23,24)25/h2-9H,10H2,1H3. The van der Waals surface area contributed by atoms with E-state index in [9.17, 15) is 18.0 Å². The second-order valence-electron chi connectivity index (χ2n) is 6.66. The van der Waals surface area contributed by atoms with Gasteiger partial charge in [-0.05, 0) is 53.1 Å². The van der Waals surface area contributed by atoms with Crippen LogP contribution >= 0.6 is 23.2 Å². The molecule has 0 fully saturated rings. The van der Waals surface area contributed by atoms with Crippen LogP contribution in [0.5, 0.6) is 0 Å². The van der Waals surface area contributed by atoms with Gasteiger partial charge in [-0.3, -0.25) is 14.2 Å². The van der Waals surface area contributed by atoms with Crippen molar-refractivity contribution in [1.82, 2.24) is 19.3 Å². The van der Waals surface area contributed by atoms with E-state index in [0.717, 1.165) is 6.07 Å². The second-order valence-corrected chi connectivity index (χ2v) is 7.43. The first-order valence-electron chi connectivity index (χ1n) is 8.68. The smallest absolute Gasteiger partial charge is 0.278 e. The van der Waals surface area contributed by atoms with E-state index in [2.05, 4.69) is 9.97 Å². The number of nitrogens with zero attached hydrogens (tertiary/aromatic N) is 4. The molecule has 5 nitrogen and oxygen atoms in total. The summed E-state index contributed by atoms with van der Waals surface area (Å²) in [4.78, 5) is 20.5. The summed E-state index contributed by atoms with van der Waals surface area (Å²) in [6.45, 7) is -0.189. The van der Waals surface area contributed by atoms with Crippen molar-refractivity contribution >= 4 is 34.1 Å². The van der Waals surface area contributed by atoms with Crippen LogP contribution in [0.2, 0.25) is 10.3 Å². The Morgan fingerprint density at radius 3 is 2.37 bits per heavy atom. The number of halogens is 5. The fourth-order valence-electron chi connectivity index (χ4n) is 3.33. The fourth-order valence-corrected chi connectivity index (χ4v) is 3.63. The molecular formula is C20H13Cl2F3N4O. The van der Waals surface area contributed by atoms with Crippen molar-refractivity contribution in [3.63, 3.8) is 0 Å². The highest BCUT2D eigenvalue weighted by Gasteiger charge is 2.33. The predicted octanol–water partition coefficient (Wildman–Crippen LogP) is 5.17. The van der Waals surface area contributed by atoms with Crippen LogP contribution in [-0.2, 0) is 19.8 Å². The van der Waals surface area contributed by atoms with E-state index in [1.165, 1.54) is 40.9 Å². The van der Waals surface area contributed by atoms with E-state index in [-0.39, 0.29) is 28.0 Å². The molecule has 0 aliphatic rings. The molecule has 2 heterocycles. The summed E-state index contributed by atoms with van der Waals surface area (Å²) in [6, 6.07) is 8.46. The zero-order valence-electron chi connectivity index (χ0n) is 15.4. The molecule has 0 aliphatic carbocycles. The molecule has 10 heteroatoms. The molecule has 2 aromatic heterocycles. The number of hydrogen-bond donors (Lipinski definition) is 0. The predicted molar refractivity (Wildman–Crippen MR) is 109 cm³/mol. The quantitative estimate of drug-likeness (QED) is 0.403. The minimum Gasteiger partial charge on any atom is -0.278 e. The van der Waals surface area contributed by atoms with E-state index >= 15 is 0 Å². The van der Waals surface area contributed by atoms with E-state index in [1.54, 1.807) is 18.2 Å². The largest absolute Gasteiger partial charge is 0.416 e. The number of alkyl halides is 3. The molecule has 4 rings (SSSR count). The summed E-state index contributed by atoms with van der Waals surface area (Å²) in [7, 11) is 1.51. The lowest BCUT2D eigenvalue weighted by Crippen LogP contribution is -2.21. The molecule has 0 bridgehead atoms. The molecule has 0 aliphatic heterocycles. The Morgan fingerprint density at radius 2 is 1.70 bits per heavy atom. The molecule has 0 amide bonds. The Balaban J connectivity index is 1.88. The van der Waals surface area contributed by atoms with E-state index in [0.29, 0.717) is 22.0 Å². The monoisotopic (exact) mass is 452 g/mol. The average Bonchev–Trinajstić information content (AvgIpc) is 2.92. The molecule has 0 saturated carbocycles. The van der Waals surface area contributed by atoms with Gasteiger partial charge in [-0.1, -0.05) is 17.7 Å². The molecule has 0 N–H and O–H groups in total. The van der Waals surface area contributed by atoms with Gasteiger partial charge in [0.25, 0.3) is 5.56 Å². The Labute approximate surface area is 178 Å². The van der Waals surface area contributed by atoms with Gasteiger partial charge in [0.1, 0.15) is 0 Å². The van der Waals surface area contributed by atoms with Gasteiger partial charge >= 0.3 is 6.18 Å². The topological polar surface area (TPSA) is 52.7 Å². The Bertz CT molecular complexity index is 1310. The summed E-state index contributed by atoms with van der Waals surface area (Å²) in [6.07, 6.45) is -1.49. The fraction of sp³-hybridized carbons (Fsp3) is 0.150. The third kappa shape index (κ3) is 3.68. The Hall–Kier alpha value is -2.84. The zero-order chi connectivity index (χ0) is 21.6. The van der Waals surface area contributed by atoms with Crippen LogP contribution in [0.3, 0.4) is 0 Å². The first-order valence-corrected chi connectivity index (χ1v) is 9.44. The lowest BCUT2D eigenvalue weighted by molar-refractivity contribution is -0.138. The molecule has 0 atom stereocenters. The van der Waals surface area contributed by atoms with Gasteiger partial charge in [0.05, 0.1) is 23.0 Å². The van der Waals surface area contributed by atoms with Crippen molar-refractivity contribution in [3.8, 4) is 11.1 Å². The third-order valence-electron chi connectivity index (χ3n) is 4.81. The number of aromatic nitrogens is 4. The highest BCUT2D eigenvalue weighted by Crippen LogP contribution is 2.34. The van der Waals surface area contributed by atoms with Crippen LogP contribution < -0.4 is 5.56 Å². The van der Waals surface area contributed by atoms with Gasteiger partial charge in [0.15, 0.2) is 0 Å². The van der Waals surface area contributed by atoms with Crippen LogP contribution in [0.15, 0.2) is 53.6 Å². The summed E-state index contributed by atoms with van der Waals surface area (Å²) in [5, 5.41) is 0.655. The normalized spacial score (nSPS) is 11.9. The van der Waals surface area contributed by atoms with Crippen molar-refractivity contribution in [3.05, 3.63) is 80.6 Å². The van der Waals surface area contributed by atoms with Gasteiger partial charge in [0.2, 0.25) is 5.28 Å². The van der Waals surface area contributed by atoms with E-state index < -0.39 is 11.7 Å². The van der Waals surface area contributed by atoms with Crippen LogP contribution in [0.1, 0.15) is 11.1 Å². The number of rotatable bonds is 3. The van der Waals surface area contributed by atoms with Crippen LogP contribution in [0.25, 0.3) is 22.0 Å². The van der Waals surface area contributed by atoms with Crippen LogP contribution in [-0.4, -0.2) is 19.3 Å². The Kier molecular flexibility index (Phi) is 5.07. The van der Waals surface area contributed by atoms with Gasteiger partial charge in [-0.15, -0.1) is 0 Å². The second kappa shape index (κ2) is 7.45. The third-order valence-corrected chi connectivity index (χ3v) is 5.24. The molecule has 0 unspecified atom stereocenters. The molecule has 0 saturated heterocycles. The minimum atomic E-state index is -4.55. The van der Waals surface area contributed by atoms with Crippen molar-refractivity contribution in [1.29, 1.82) is 0 Å². The molecular weight excluding hydrogens is 440 g/mol. The molecule has 2 aromatic carbocycles. The molecule has 154 valence electrons. The van der Waals surface area contributed by atoms with Gasteiger partial charge in [0, 0.05) is 30.0 Å². The van der Waals surface area contributed by atoms with Gasteiger partial charge < -0.3 is 0 Å². The molecule has 0 radical (unpaired) electrons. The SMILES string of the molecule is Cn1c(=O)c2ccc(-c3cnc(Cl)nc3)cc2n1Cc1cc(Cl)ccc1C(F)(F)F. The average molecular weight is 453 g/mol. The van der Waals surface area contributed by atoms with Crippen molar-refractivity contribution in [2.45, 2.75) is 12.7 Å². The lowest BCUT2D eigenvalue weighted by Gasteiger charge is -2.16. The maximum Gasteiger partial charge on any atom is 0.416 e. The number of fused-ring (bicyclic) bond motifs is 1. The molecule has 0 spiro atoms. The van der Waals surface area contributed by atoms with Crippen molar-refractivity contribution in [2.24, 2.45) is 7.05 Å². The van der Waals surface area contributed by atoms with Crippen LogP contribution in [0, 0.1) is 0 Å². The molecule has 30 heavy (non-hydrogen) atoms. The van der Waals surface area contributed by atoms with Crippen LogP contribution in [0.4, 0.5) is 13.2 Å². The summed E-state index contributed by atoms with van der Waals surface area (Å²) in [5.41, 5.74) is 0.664. The maximum atomic E-state index is 13.5. The summed E-state index contributed by atoms with van der Waals surface area (Å²) >= 11 is 11.7. The summed E-state index contributed by atoms with van der Waals surface area (Å²) < 4.78 is 43.2. The number of benzene rings is 2. The summed E-state index contributed by atoms with van der Waals surface area (Å²) in [5.74, 6) is 0. The van der Waals surface area contributed by atoms with Gasteiger partial charge in [-0.2, -0.15) is 13.2 Å².